The Bertz CT molecular complexity index is 1640. The molecule has 0 aliphatic rings. The maximum absolute atomic E-state index is 14.1. The maximum Gasteiger partial charge on any atom is 0.264 e. The summed E-state index contributed by atoms with van der Waals surface area (Å²) in [5.41, 5.74) is 2.13. The second kappa shape index (κ2) is 14.7. The number of hydrogen-bond acceptors (Lipinski definition) is 5. The summed E-state index contributed by atoms with van der Waals surface area (Å²) < 4.78 is 35.0. The van der Waals surface area contributed by atoms with E-state index in [1.807, 2.05) is 75.4 Å². The van der Waals surface area contributed by atoms with Gasteiger partial charge in [-0.3, -0.25) is 13.9 Å². The number of ether oxygens (including phenoxy) is 1. The highest BCUT2D eigenvalue weighted by atomic mass is 32.2. The molecule has 0 aliphatic carbocycles. The fraction of sp³-hybridized carbons (Fsp3) is 0.257. The van der Waals surface area contributed by atoms with Gasteiger partial charge in [0.25, 0.3) is 10.0 Å². The van der Waals surface area contributed by atoms with E-state index >= 15 is 0 Å². The number of sulfonamides is 1. The number of carbonyl (C=O) groups excluding carboxylic acids is 2. The molecular weight excluding hydrogens is 574 g/mol. The quantitative estimate of drug-likeness (QED) is 0.195. The molecule has 1 unspecified atom stereocenters. The SMILES string of the molecule is Cc1cccc(CN(C(=O)CN(c2ccc(Oc3ccccc3)cc2)S(=O)(=O)c2ccccc2)C(C)C(=O)NCC(C)C)c1. The maximum atomic E-state index is 14.1. The van der Waals surface area contributed by atoms with Crippen molar-refractivity contribution in [3.8, 4) is 11.5 Å². The van der Waals surface area contributed by atoms with Crippen LogP contribution in [0.1, 0.15) is 31.9 Å². The monoisotopic (exact) mass is 613 g/mol. The Hall–Kier alpha value is -4.63. The number of hydrogen-bond donors (Lipinski definition) is 1. The molecule has 4 aromatic carbocycles. The lowest BCUT2D eigenvalue weighted by Crippen LogP contribution is -2.51. The lowest BCUT2D eigenvalue weighted by atomic mass is 10.1. The average molecular weight is 614 g/mol. The van der Waals surface area contributed by atoms with Crippen molar-refractivity contribution in [2.45, 2.75) is 45.2 Å². The van der Waals surface area contributed by atoms with Crippen LogP contribution in [0.2, 0.25) is 0 Å². The van der Waals surface area contributed by atoms with Gasteiger partial charge >= 0.3 is 0 Å². The van der Waals surface area contributed by atoms with Crippen molar-refractivity contribution in [3.63, 3.8) is 0 Å². The van der Waals surface area contributed by atoms with Crippen LogP contribution < -0.4 is 14.4 Å². The second-order valence-electron chi connectivity index (χ2n) is 11.1. The number of aryl methyl sites for hydroxylation is 1. The predicted molar refractivity (Wildman–Crippen MR) is 173 cm³/mol. The van der Waals surface area contributed by atoms with Crippen molar-refractivity contribution in [2.24, 2.45) is 5.92 Å². The molecule has 1 N–H and O–H groups in total. The molecule has 0 aromatic heterocycles. The summed E-state index contributed by atoms with van der Waals surface area (Å²) >= 11 is 0. The molecule has 230 valence electrons. The highest BCUT2D eigenvalue weighted by molar-refractivity contribution is 7.92. The van der Waals surface area contributed by atoms with Crippen molar-refractivity contribution >= 4 is 27.5 Å². The Morgan fingerprint density at radius 3 is 2.02 bits per heavy atom. The third kappa shape index (κ3) is 8.48. The number of para-hydroxylation sites is 1. The van der Waals surface area contributed by atoms with Gasteiger partial charge in [0, 0.05) is 13.1 Å². The summed E-state index contributed by atoms with van der Waals surface area (Å²) in [6, 6.07) is 30.6. The first-order chi connectivity index (χ1) is 21.0. The molecule has 1 atom stereocenters. The average Bonchev–Trinajstić information content (AvgIpc) is 3.02. The van der Waals surface area contributed by atoms with E-state index in [9.17, 15) is 18.0 Å². The summed E-state index contributed by atoms with van der Waals surface area (Å²) in [4.78, 5) is 28.7. The number of carbonyl (C=O) groups is 2. The second-order valence-corrected chi connectivity index (χ2v) is 12.9. The first-order valence-corrected chi connectivity index (χ1v) is 16.0. The fourth-order valence-corrected chi connectivity index (χ4v) is 6.03. The molecule has 0 saturated heterocycles. The normalized spacial score (nSPS) is 11.9. The Labute approximate surface area is 260 Å². The number of nitrogens with zero attached hydrogens (tertiary/aromatic N) is 2. The summed E-state index contributed by atoms with van der Waals surface area (Å²) in [6.07, 6.45) is 0. The van der Waals surface area contributed by atoms with E-state index in [4.69, 9.17) is 4.74 Å². The van der Waals surface area contributed by atoms with Gasteiger partial charge in [0.1, 0.15) is 24.1 Å². The van der Waals surface area contributed by atoms with Crippen LogP contribution >= 0.6 is 0 Å². The molecular formula is C35H39N3O5S. The van der Waals surface area contributed by atoms with Crippen LogP contribution in [0.25, 0.3) is 0 Å². The summed E-state index contributed by atoms with van der Waals surface area (Å²) in [5.74, 6) is 0.565. The number of anilines is 1. The largest absolute Gasteiger partial charge is 0.457 e. The first kappa shape index (κ1) is 32.3. The topological polar surface area (TPSA) is 96.0 Å². The lowest BCUT2D eigenvalue weighted by molar-refractivity contribution is -0.139. The molecule has 8 nitrogen and oxygen atoms in total. The summed E-state index contributed by atoms with van der Waals surface area (Å²) in [6.45, 7) is 7.68. The minimum absolute atomic E-state index is 0.0466. The first-order valence-electron chi connectivity index (χ1n) is 14.6. The van der Waals surface area contributed by atoms with Crippen LogP contribution in [0, 0.1) is 12.8 Å². The standard InChI is InChI=1S/C35H39N3O5S/c1-26(2)23-36-35(40)28(4)37(24-29-13-11-12-27(3)22-29)34(39)25-38(44(41,42)33-16-9-6-10-17-33)30-18-20-32(21-19-30)43-31-14-7-5-8-15-31/h5-22,26,28H,23-25H2,1-4H3,(H,36,40). The molecule has 0 heterocycles. The van der Waals surface area contributed by atoms with Crippen molar-refractivity contribution in [1.29, 1.82) is 0 Å². The predicted octanol–water partition coefficient (Wildman–Crippen LogP) is 6.17. The highest BCUT2D eigenvalue weighted by Gasteiger charge is 2.32. The molecule has 0 bridgehead atoms. The molecule has 4 aromatic rings. The van der Waals surface area contributed by atoms with E-state index in [0.29, 0.717) is 18.0 Å². The van der Waals surface area contributed by atoms with Gasteiger partial charge in [0.05, 0.1) is 10.6 Å². The van der Waals surface area contributed by atoms with E-state index in [-0.39, 0.29) is 29.0 Å². The molecule has 2 amide bonds. The molecule has 0 saturated carbocycles. The minimum atomic E-state index is -4.16. The van der Waals surface area contributed by atoms with Crippen molar-refractivity contribution in [1.82, 2.24) is 10.2 Å². The third-order valence-corrected chi connectivity index (χ3v) is 8.79. The Kier molecular flexibility index (Phi) is 10.8. The Morgan fingerprint density at radius 1 is 0.795 bits per heavy atom. The zero-order chi connectivity index (χ0) is 31.7. The van der Waals surface area contributed by atoms with Crippen molar-refractivity contribution < 1.29 is 22.7 Å². The van der Waals surface area contributed by atoms with E-state index < -0.39 is 28.5 Å². The zero-order valence-electron chi connectivity index (χ0n) is 25.5. The Morgan fingerprint density at radius 2 is 1.41 bits per heavy atom. The van der Waals surface area contributed by atoms with Crippen LogP contribution in [0.3, 0.4) is 0 Å². The molecule has 9 heteroatoms. The molecule has 4 rings (SSSR count). The van der Waals surface area contributed by atoms with Gasteiger partial charge in [-0.25, -0.2) is 8.42 Å². The van der Waals surface area contributed by atoms with Crippen LogP contribution in [0.15, 0.2) is 114 Å². The van der Waals surface area contributed by atoms with E-state index in [1.54, 1.807) is 49.4 Å². The van der Waals surface area contributed by atoms with Gasteiger partial charge in [0.15, 0.2) is 0 Å². The van der Waals surface area contributed by atoms with Crippen molar-refractivity contribution in [3.05, 3.63) is 120 Å². The highest BCUT2D eigenvalue weighted by Crippen LogP contribution is 2.28. The van der Waals surface area contributed by atoms with E-state index in [0.717, 1.165) is 15.4 Å². The smallest absolute Gasteiger partial charge is 0.264 e. The Balaban J connectivity index is 1.68. The molecule has 0 spiro atoms. The summed E-state index contributed by atoms with van der Waals surface area (Å²) in [7, 11) is -4.16. The van der Waals surface area contributed by atoms with Gasteiger partial charge < -0.3 is 15.0 Å². The number of benzene rings is 4. The molecule has 0 fully saturated rings. The number of amides is 2. The van der Waals surface area contributed by atoms with Crippen LogP contribution in [0.5, 0.6) is 11.5 Å². The number of nitrogens with one attached hydrogen (secondary N) is 1. The van der Waals surface area contributed by atoms with Gasteiger partial charge in [-0.05, 0) is 73.9 Å². The van der Waals surface area contributed by atoms with E-state index in [2.05, 4.69) is 5.32 Å². The van der Waals surface area contributed by atoms with E-state index in [1.165, 1.54) is 17.0 Å². The van der Waals surface area contributed by atoms with Crippen LogP contribution in [-0.2, 0) is 26.2 Å². The van der Waals surface area contributed by atoms with Crippen LogP contribution in [-0.4, -0.2) is 44.3 Å². The molecule has 0 aliphatic heterocycles. The number of rotatable bonds is 13. The minimum Gasteiger partial charge on any atom is -0.457 e. The zero-order valence-corrected chi connectivity index (χ0v) is 26.3. The lowest BCUT2D eigenvalue weighted by Gasteiger charge is -2.32. The van der Waals surface area contributed by atoms with Crippen molar-refractivity contribution in [2.75, 3.05) is 17.4 Å². The molecule has 0 radical (unpaired) electrons. The summed E-state index contributed by atoms with van der Waals surface area (Å²) in [5, 5.41) is 2.90. The van der Waals surface area contributed by atoms with Gasteiger partial charge in [0.2, 0.25) is 11.8 Å². The molecule has 44 heavy (non-hydrogen) atoms. The van der Waals surface area contributed by atoms with Gasteiger partial charge in [-0.1, -0.05) is 80.1 Å². The van der Waals surface area contributed by atoms with Crippen LogP contribution in [0.4, 0.5) is 5.69 Å². The fourth-order valence-electron chi connectivity index (χ4n) is 4.60. The van der Waals surface area contributed by atoms with Gasteiger partial charge in [-0.2, -0.15) is 0 Å². The third-order valence-electron chi connectivity index (χ3n) is 7.00. The van der Waals surface area contributed by atoms with Gasteiger partial charge in [-0.15, -0.1) is 0 Å².